The molecule has 0 aliphatic carbocycles. The number of carbonyl (C=O) groups excluding carboxylic acids is 1. The van der Waals surface area contributed by atoms with Crippen molar-refractivity contribution in [3.8, 4) is 5.75 Å². The fourth-order valence-corrected chi connectivity index (χ4v) is 5.08. The van der Waals surface area contributed by atoms with Crippen molar-refractivity contribution in [2.75, 3.05) is 25.1 Å². The molecule has 0 radical (unpaired) electrons. The number of hydrogen-bond donors (Lipinski definition) is 3. The largest absolute Gasteiger partial charge is 0.493 e. The molecule has 37 heavy (non-hydrogen) atoms. The van der Waals surface area contributed by atoms with Crippen LogP contribution in [0, 0.1) is 0 Å². The van der Waals surface area contributed by atoms with Gasteiger partial charge in [-0.3, -0.25) is 10.1 Å². The van der Waals surface area contributed by atoms with Gasteiger partial charge in [0.2, 0.25) is 10.0 Å². The zero-order valence-electron chi connectivity index (χ0n) is 20.2. The molecule has 4 rings (SSSR count). The molecule has 3 aromatic rings. The van der Waals surface area contributed by atoms with E-state index in [1.807, 2.05) is 30.3 Å². The van der Waals surface area contributed by atoms with Gasteiger partial charge in [0.15, 0.2) is 5.11 Å². The molecule has 0 aromatic heterocycles. The van der Waals surface area contributed by atoms with Crippen molar-refractivity contribution in [1.82, 2.24) is 10.0 Å². The van der Waals surface area contributed by atoms with Crippen LogP contribution in [0.25, 0.3) is 0 Å². The molecule has 1 saturated heterocycles. The number of rotatable bonds is 10. The monoisotopic (exact) mass is 539 g/mol. The molecular weight excluding hydrogens is 510 g/mol. The molecule has 0 spiro atoms. The summed E-state index contributed by atoms with van der Waals surface area (Å²) in [5.41, 5.74) is 2.12. The summed E-state index contributed by atoms with van der Waals surface area (Å²) in [6.45, 7) is 1.40. The van der Waals surface area contributed by atoms with Crippen LogP contribution in [0.2, 0.25) is 0 Å². The van der Waals surface area contributed by atoms with E-state index in [0.29, 0.717) is 30.2 Å². The van der Waals surface area contributed by atoms with Gasteiger partial charge in [0.25, 0.3) is 5.91 Å². The Morgan fingerprint density at radius 3 is 2.54 bits per heavy atom. The summed E-state index contributed by atoms with van der Waals surface area (Å²) in [6, 6.07) is 23.0. The van der Waals surface area contributed by atoms with Crippen LogP contribution in [-0.4, -0.2) is 45.3 Å². The average molecular weight is 540 g/mol. The molecule has 1 heterocycles. The van der Waals surface area contributed by atoms with Crippen molar-refractivity contribution in [1.29, 1.82) is 0 Å². The number of anilines is 1. The Hall–Kier alpha value is -3.31. The summed E-state index contributed by atoms with van der Waals surface area (Å²) >= 11 is 5.26. The van der Waals surface area contributed by atoms with Gasteiger partial charge in [0.05, 0.1) is 17.6 Å². The number of benzene rings is 3. The summed E-state index contributed by atoms with van der Waals surface area (Å²) in [4.78, 5) is 12.8. The molecule has 194 valence electrons. The lowest BCUT2D eigenvalue weighted by Crippen LogP contribution is -2.34. The summed E-state index contributed by atoms with van der Waals surface area (Å²) in [5, 5.41) is 5.62. The maximum atomic E-state index is 12.7. The van der Waals surface area contributed by atoms with Gasteiger partial charge in [-0.25, -0.2) is 13.1 Å². The molecule has 0 bridgehead atoms. The molecular formula is C27H29N3O5S2. The second-order valence-corrected chi connectivity index (χ2v) is 10.7. The van der Waals surface area contributed by atoms with Gasteiger partial charge in [-0.05, 0) is 73.1 Å². The van der Waals surface area contributed by atoms with Gasteiger partial charge in [0.1, 0.15) is 5.75 Å². The molecule has 1 unspecified atom stereocenters. The van der Waals surface area contributed by atoms with E-state index in [2.05, 4.69) is 15.4 Å². The topological polar surface area (TPSA) is 106 Å². The molecule has 0 saturated carbocycles. The van der Waals surface area contributed by atoms with Crippen molar-refractivity contribution in [2.45, 2.75) is 30.3 Å². The van der Waals surface area contributed by atoms with Crippen molar-refractivity contribution in [2.24, 2.45) is 0 Å². The van der Waals surface area contributed by atoms with E-state index in [1.54, 1.807) is 36.4 Å². The number of hydrogen-bond acceptors (Lipinski definition) is 6. The molecule has 1 aliphatic rings. The standard InChI is InChI=1S/C27H29N3O5S2/c31-26(21-8-4-9-23(18-21)35-17-15-20-6-2-1-3-7-20)30-27(36)29-22-11-13-25(14-12-22)37(32,33)28-19-24-10-5-16-34-24/h1-4,6-9,11-14,18,24,28H,5,10,15-17,19H2,(H2,29,30,31,36). The van der Waals surface area contributed by atoms with Gasteiger partial charge in [-0.1, -0.05) is 36.4 Å². The highest BCUT2D eigenvalue weighted by molar-refractivity contribution is 7.89. The number of ether oxygens (including phenoxy) is 2. The first-order chi connectivity index (χ1) is 17.9. The van der Waals surface area contributed by atoms with Crippen LogP contribution in [0.15, 0.2) is 83.8 Å². The zero-order chi connectivity index (χ0) is 26.1. The minimum Gasteiger partial charge on any atom is -0.493 e. The first-order valence-electron chi connectivity index (χ1n) is 12.0. The Balaban J connectivity index is 1.26. The quantitative estimate of drug-likeness (QED) is 0.336. The first-order valence-corrected chi connectivity index (χ1v) is 13.9. The second kappa shape index (κ2) is 12.8. The van der Waals surface area contributed by atoms with Crippen LogP contribution in [0.5, 0.6) is 5.75 Å². The zero-order valence-corrected chi connectivity index (χ0v) is 21.8. The van der Waals surface area contributed by atoms with Crippen LogP contribution < -0.4 is 20.1 Å². The second-order valence-electron chi connectivity index (χ2n) is 8.53. The van der Waals surface area contributed by atoms with E-state index in [9.17, 15) is 13.2 Å². The SMILES string of the molecule is O=C(NC(=S)Nc1ccc(S(=O)(=O)NCC2CCCO2)cc1)c1cccc(OCCc2ccccc2)c1. The number of carbonyl (C=O) groups is 1. The van der Waals surface area contributed by atoms with E-state index < -0.39 is 10.0 Å². The lowest BCUT2D eigenvalue weighted by Gasteiger charge is -2.13. The van der Waals surface area contributed by atoms with Crippen LogP contribution in [0.1, 0.15) is 28.8 Å². The van der Waals surface area contributed by atoms with Gasteiger partial charge in [0, 0.05) is 30.8 Å². The van der Waals surface area contributed by atoms with Gasteiger partial charge >= 0.3 is 0 Å². The lowest BCUT2D eigenvalue weighted by molar-refractivity contribution is 0.0977. The Bertz CT molecular complexity index is 1310. The maximum absolute atomic E-state index is 12.7. The molecule has 10 heteroatoms. The van der Waals surface area contributed by atoms with Crippen molar-refractivity contribution in [3.05, 3.63) is 90.0 Å². The van der Waals surface area contributed by atoms with Crippen molar-refractivity contribution in [3.63, 3.8) is 0 Å². The van der Waals surface area contributed by atoms with Crippen molar-refractivity contribution < 1.29 is 22.7 Å². The smallest absolute Gasteiger partial charge is 0.257 e. The predicted molar refractivity (Wildman–Crippen MR) is 146 cm³/mol. The van der Waals surface area contributed by atoms with Gasteiger partial charge in [-0.15, -0.1) is 0 Å². The summed E-state index contributed by atoms with van der Waals surface area (Å²) in [6.07, 6.45) is 2.46. The summed E-state index contributed by atoms with van der Waals surface area (Å²) in [5.74, 6) is 0.205. The maximum Gasteiger partial charge on any atom is 0.257 e. The number of thiocarbonyl (C=S) groups is 1. The molecule has 1 fully saturated rings. The Labute approximate surface area is 222 Å². The molecule has 3 aromatic carbocycles. The summed E-state index contributed by atoms with van der Waals surface area (Å²) in [7, 11) is -3.65. The van der Waals surface area contributed by atoms with Gasteiger partial charge in [-0.2, -0.15) is 0 Å². The van der Waals surface area contributed by atoms with E-state index in [-0.39, 0.29) is 28.6 Å². The normalized spacial score (nSPS) is 15.2. The van der Waals surface area contributed by atoms with E-state index in [1.165, 1.54) is 17.7 Å². The fraction of sp³-hybridized carbons (Fsp3) is 0.259. The van der Waals surface area contributed by atoms with Gasteiger partial charge < -0.3 is 14.8 Å². The Morgan fingerprint density at radius 2 is 1.81 bits per heavy atom. The molecule has 8 nitrogen and oxygen atoms in total. The highest BCUT2D eigenvalue weighted by atomic mass is 32.2. The predicted octanol–water partition coefficient (Wildman–Crippen LogP) is 3.89. The number of sulfonamides is 1. The molecule has 1 amide bonds. The third kappa shape index (κ3) is 8.09. The van der Waals surface area contributed by atoms with Crippen LogP contribution in [0.3, 0.4) is 0 Å². The Kier molecular flexibility index (Phi) is 9.24. The van der Waals surface area contributed by atoms with Crippen LogP contribution in [0.4, 0.5) is 5.69 Å². The minimum absolute atomic E-state index is 0.0850. The highest BCUT2D eigenvalue weighted by Crippen LogP contribution is 2.17. The van der Waals surface area contributed by atoms with E-state index >= 15 is 0 Å². The Morgan fingerprint density at radius 1 is 1.03 bits per heavy atom. The third-order valence-corrected chi connectivity index (χ3v) is 7.42. The molecule has 1 aliphatic heterocycles. The first kappa shape index (κ1) is 26.7. The fourth-order valence-electron chi connectivity index (χ4n) is 3.80. The van der Waals surface area contributed by atoms with Crippen molar-refractivity contribution >= 4 is 38.9 Å². The third-order valence-electron chi connectivity index (χ3n) is 5.77. The average Bonchev–Trinajstić information content (AvgIpc) is 3.43. The minimum atomic E-state index is -3.65. The number of amides is 1. The molecule has 1 atom stereocenters. The van der Waals surface area contributed by atoms with E-state index in [4.69, 9.17) is 21.7 Å². The lowest BCUT2D eigenvalue weighted by atomic mass is 10.2. The highest BCUT2D eigenvalue weighted by Gasteiger charge is 2.20. The van der Waals surface area contributed by atoms with E-state index in [0.717, 1.165) is 19.3 Å². The number of nitrogens with one attached hydrogen (secondary N) is 3. The van der Waals surface area contributed by atoms with Crippen LogP contribution >= 0.6 is 12.2 Å². The summed E-state index contributed by atoms with van der Waals surface area (Å²) < 4.78 is 38.9. The van der Waals surface area contributed by atoms with Crippen LogP contribution in [-0.2, 0) is 21.2 Å². The molecule has 3 N–H and O–H groups in total.